The highest BCUT2D eigenvalue weighted by atomic mass is 16.6. The number of carboxylic acid groups (broad SMARTS) is 1. The van der Waals surface area contributed by atoms with Gasteiger partial charge in [0.15, 0.2) is 11.5 Å². The number of hydrogen-bond donors (Lipinski definition) is 2. The lowest BCUT2D eigenvalue weighted by Crippen LogP contribution is -2.16. The first-order valence-corrected chi connectivity index (χ1v) is 13.3. The fraction of sp³-hybridized carbons (Fsp3) is 0.387. The molecule has 0 bridgehead atoms. The van der Waals surface area contributed by atoms with Crippen molar-refractivity contribution in [1.29, 1.82) is 0 Å². The SMILES string of the molecule is COc1cc(OCc2cccc(-c3ccc4c(c3)OCCO4)c2C)cc(OC)c1CNCCCCCC(=O)O. The third kappa shape index (κ3) is 7.35. The number of ether oxygens (including phenoxy) is 5. The Morgan fingerprint density at radius 1 is 0.949 bits per heavy atom. The predicted octanol–water partition coefficient (Wildman–Crippen LogP) is 5.76. The smallest absolute Gasteiger partial charge is 0.303 e. The fourth-order valence-corrected chi connectivity index (χ4v) is 4.66. The van der Waals surface area contributed by atoms with E-state index in [-0.39, 0.29) is 6.42 Å². The van der Waals surface area contributed by atoms with Crippen molar-refractivity contribution >= 4 is 5.97 Å². The molecule has 8 heteroatoms. The van der Waals surface area contributed by atoms with Gasteiger partial charge in [0.1, 0.15) is 37.1 Å². The van der Waals surface area contributed by atoms with Crippen LogP contribution >= 0.6 is 0 Å². The van der Waals surface area contributed by atoms with Gasteiger partial charge in [0.25, 0.3) is 0 Å². The Hall–Kier alpha value is -3.91. The molecule has 4 rings (SSSR count). The number of nitrogens with one attached hydrogen (secondary N) is 1. The number of aliphatic carboxylic acids is 1. The van der Waals surface area contributed by atoms with E-state index >= 15 is 0 Å². The molecule has 1 heterocycles. The molecule has 1 aliphatic rings. The van der Waals surface area contributed by atoms with Crippen LogP contribution in [-0.2, 0) is 17.9 Å². The van der Waals surface area contributed by atoms with Gasteiger partial charge in [0.05, 0.1) is 19.8 Å². The van der Waals surface area contributed by atoms with Gasteiger partial charge in [-0.05, 0) is 60.7 Å². The molecule has 0 fully saturated rings. The minimum Gasteiger partial charge on any atom is -0.496 e. The third-order valence-electron chi connectivity index (χ3n) is 6.82. The number of carboxylic acids is 1. The first-order valence-electron chi connectivity index (χ1n) is 13.3. The number of rotatable bonds is 14. The maximum atomic E-state index is 10.6. The molecule has 0 saturated carbocycles. The van der Waals surface area contributed by atoms with Gasteiger partial charge >= 0.3 is 5.97 Å². The van der Waals surface area contributed by atoms with Gasteiger partial charge in [0.2, 0.25) is 0 Å². The fourth-order valence-electron chi connectivity index (χ4n) is 4.66. The molecule has 0 saturated heterocycles. The zero-order chi connectivity index (χ0) is 27.6. The monoisotopic (exact) mass is 535 g/mol. The van der Waals surface area contributed by atoms with Crippen molar-refractivity contribution in [3.8, 4) is 39.9 Å². The highest BCUT2D eigenvalue weighted by Gasteiger charge is 2.16. The van der Waals surface area contributed by atoms with Crippen molar-refractivity contribution in [2.24, 2.45) is 0 Å². The maximum Gasteiger partial charge on any atom is 0.303 e. The van der Waals surface area contributed by atoms with Gasteiger partial charge in [-0.2, -0.15) is 0 Å². The van der Waals surface area contributed by atoms with Crippen LogP contribution in [0.1, 0.15) is 42.4 Å². The molecule has 0 aliphatic carbocycles. The Morgan fingerprint density at radius 3 is 2.41 bits per heavy atom. The van der Waals surface area contributed by atoms with Gasteiger partial charge in [0, 0.05) is 25.1 Å². The summed E-state index contributed by atoms with van der Waals surface area (Å²) in [6.07, 6.45) is 2.68. The van der Waals surface area contributed by atoms with Crippen molar-refractivity contribution in [2.45, 2.75) is 45.8 Å². The molecule has 2 N–H and O–H groups in total. The van der Waals surface area contributed by atoms with E-state index in [4.69, 9.17) is 28.8 Å². The number of benzene rings is 3. The molecule has 1 aliphatic heterocycles. The lowest BCUT2D eigenvalue weighted by atomic mass is 9.96. The van der Waals surface area contributed by atoms with Gasteiger partial charge in [-0.15, -0.1) is 0 Å². The van der Waals surface area contributed by atoms with E-state index < -0.39 is 5.97 Å². The van der Waals surface area contributed by atoms with Crippen molar-refractivity contribution in [3.63, 3.8) is 0 Å². The van der Waals surface area contributed by atoms with Crippen LogP contribution in [0.2, 0.25) is 0 Å². The number of methoxy groups -OCH3 is 2. The van der Waals surface area contributed by atoms with E-state index in [9.17, 15) is 4.79 Å². The van der Waals surface area contributed by atoms with Crippen LogP contribution in [0.4, 0.5) is 0 Å². The molecule has 39 heavy (non-hydrogen) atoms. The highest BCUT2D eigenvalue weighted by molar-refractivity contribution is 5.71. The molecular weight excluding hydrogens is 498 g/mol. The van der Waals surface area contributed by atoms with E-state index in [0.717, 1.165) is 58.7 Å². The van der Waals surface area contributed by atoms with E-state index in [1.165, 1.54) is 0 Å². The van der Waals surface area contributed by atoms with Crippen molar-refractivity contribution in [2.75, 3.05) is 34.0 Å². The summed E-state index contributed by atoms with van der Waals surface area (Å²) in [4.78, 5) is 10.6. The summed E-state index contributed by atoms with van der Waals surface area (Å²) < 4.78 is 29.0. The molecule has 0 aromatic heterocycles. The number of fused-ring (bicyclic) bond motifs is 1. The number of carbonyl (C=O) groups is 1. The van der Waals surface area contributed by atoms with Crippen molar-refractivity contribution in [3.05, 3.63) is 65.2 Å². The molecule has 3 aromatic carbocycles. The maximum absolute atomic E-state index is 10.6. The minimum atomic E-state index is -0.748. The number of unbranched alkanes of at least 4 members (excludes halogenated alkanes) is 2. The molecular formula is C31H37NO7. The summed E-state index contributed by atoms with van der Waals surface area (Å²) >= 11 is 0. The van der Waals surface area contributed by atoms with Crippen LogP contribution in [0.3, 0.4) is 0 Å². The van der Waals surface area contributed by atoms with Gasteiger partial charge in [-0.25, -0.2) is 0 Å². The molecule has 0 spiro atoms. The van der Waals surface area contributed by atoms with E-state index in [1.54, 1.807) is 14.2 Å². The zero-order valence-corrected chi connectivity index (χ0v) is 22.9. The lowest BCUT2D eigenvalue weighted by Gasteiger charge is -2.20. The van der Waals surface area contributed by atoms with Crippen LogP contribution < -0.4 is 29.0 Å². The van der Waals surface area contributed by atoms with Gasteiger partial charge < -0.3 is 34.1 Å². The molecule has 0 atom stereocenters. The van der Waals surface area contributed by atoms with Crippen LogP contribution in [0, 0.1) is 6.92 Å². The summed E-state index contributed by atoms with van der Waals surface area (Å²) in [6.45, 7) is 4.97. The lowest BCUT2D eigenvalue weighted by molar-refractivity contribution is -0.137. The summed E-state index contributed by atoms with van der Waals surface area (Å²) in [5.74, 6) is 2.83. The second-order valence-electron chi connectivity index (χ2n) is 9.42. The predicted molar refractivity (Wildman–Crippen MR) is 149 cm³/mol. The van der Waals surface area contributed by atoms with E-state index in [2.05, 4.69) is 30.4 Å². The molecule has 0 amide bonds. The molecule has 0 unspecified atom stereocenters. The van der Waals surface area contributed by atoms with Crippen LogP contribution in [-0.4, -0.2) is 45.1 Å². The molecule has 208 valence electrons. The Kier molecular flexibility index (Phi) is 9.91. The Bertz CT molecular complexity index is 1250. The second-order valence-corrected chi connectivity index (χ2v) is 9.42. The van der Waals surface area contributed by atoms with Gasteiger partial charge in [-0.3, -0.25) is 4.79 Å². The van der Waals surface area contributed by atoms with Gasteiger partial charge in [-0.1, -0.05) is 30.7 Å². The van der Waals surface area contributed by atoms with Crippen LogP contribution in [0.15, 0.2) is 48.5 Å². The van der Waals surface area contributed by atoms with E-state index in [0.29, 0.717) is 50.0 Å². The first kappa shape index (κ1) is 28.1. The van der Waals surface area contributed by atoms with Crippen LogP contribution in [0.5, 0.6) is 28.7 Å². The first-order chi connectivity index (χ1) is 19.0. The normalized spacial score (nSPS) is 12.2. The molecule has 8 nitrogen and oxygen atoms in total. The largest absolute Gasteiger partial charge is 0.496 e. The Balaban J connectivity index is 1.41. The highest BCUT2D eigenvalue weighted by Crippen LogP contribution is 2.37. The second kappa shape index (κ2) is 13.8. The summed E-state index contributed by atoms with van der Waals surface area (Å²) in [7, 11) is 3.27. The van der Waals surface area contributed by atoms with Crippen molar-refractivity contribution < 1.29 is 33.6 Å². The average molecular weight is 536 g/mol. The zero-order valence-electron chi connectivity index (χ0n) is 22.9. The minimum absolute atomic E-state index is 0.214. The average Bonchev–Trinajstić information content (AvgIpc) is 2.95. The quantitative estimate of drug-likeness (QED) is 0.252. The molecule has 0 radical (unpaired) electrons. The number of hydrogen-bond acceptors (Lipinski definition) is 7. The summed E-state index contributed by atoms with van der Waals surface area (Å²) in [5, 5.41) is 12.2. The standard InChI is InChI=1S/C31H37NO7/c1-21-23(8-7-9-25(21)22-11-12-27-30(16-22)38-15-14-37-27)20-39-24-17-28(35-2)26(29(18-24)36-3)19-32-13-6-4-5-10-31(33)34/h7-9,11-12,16-18,32H,4-6,10,13-15,19-20H2,1-3H3,(H,33,34). The summed E-state index contributed by atoms with van der Waals surface area (Å²) in [5.41, 5.74) is 5.31. The topological polar surface area (TPSA) is 95.5 Å². The van der Waals surface area contributed by atoms with Crippen LogP contribution in [0.25, 0.3) is 11.1 Å². The summed E-state index contributed by atoms with van der Waals surface area (Å²) in [6, 6.07) is 16.0. The molecule has 3 aromatic rings. The Morgan fingerprint density at radius 2 is 1.69 bits per heavy atom. The van der Waals surface area contributed by atoms with E-state index in [1.807, 2.05) is 30.3 Å². The van der Waals surface area contributed by atoms with Crippen molar-refractivity contribution in [1.82, 2.24) is 5.32 Å². The third-order valence-corrected chi connectivity index (χ3v) is 6.82. The Labute approximate surface area is 229 Å².